The predicted molar refractivity (Wildman–Crippen MR) is 267 cm³/mol. The highest BCUT2D eigenvalue weighted by Gasteiger charge is 2.63. The lowest BCUT2D eigenvalue weighted by molar-refractivity contribution is 0.00578. The van der Waals surface area contributed by atoms with Gasteiger partial charge in [0.1, 0.15) is 32.7 Å². The van der Waals surface area contributed by atoms with E-state index in [1.807, 2.05) is 121 Å². The molecule has 66 heavy (non-hydrogen) atoms. The Balaban J connectivity index is 0.000000155. The Hall–Kier alpha value is -4.83. The van der Waals surface area contributed by atoms with Gasteiger partial charge in [0.05, 0.1) is 22.4 Å². The van der Waals surface area contributed by atoms with Crippen molar-refractivity contribution in [3.05, 3.63) is 131 Å². The van der Waals surface area contributed by atoms with Crippen molar-refractivity contribution in [1.29, 1.82) is 0 Å². The number of aryl methyl sites for hydroxylation is 1. The highest BCUT2D eigenvalue weighted by Crippen LogP contribution is 2.43. The summed E-state index contributed by atoms with van der Waals surface area (Å²) in [4.78, 5) is 18.3. The zero-order chi connectivity index (χ0) is 47.9. The first kappa shape index (κ1) is 50.6. The van der Waals surface area contributed by atoms with E-state index in [1.54, 1.807) is 28.9 Å². The molecule has 21 heteroatoms. The topological polar surface area (TPSA) is 167 Å². The molecule has 6 aromatic heterocycles. The minimum atomic E-state index is -0.750. The molecule has 10 rings (SSSR count). The Bertz CT molecular complexity index is 2710. The molecule has 0 saturated carbocycles. The number of benzene rings is 2. The van der Waals surface area contributed by atoms with E-state index >= 15 is 0 Å². The SMILES string of the molecule is Brc1cn(-c2ccccc2)c2nc(-c3nccs3)ccc12.CC1(C)OB(B2OC(C)(C)C(C)(C)O2)OC1(C)C.Cc1cn(-c2ccccc2)c2nc(-c3nccs3)ccc12.O=S=O.O=S=O. The standard InChI is InChI=1S/C17H13N3S.C16H10BrN3S.C12H24B2O4.2O2S/c1-12-11-20(13-5-3-2-4-6-13)16-14(12)7-8-15(19-16)17-18-9-10-21-17;17-13-10-20(11-4-2-1-3-5-11)15-12(13)6-7-14(19-15)16-18-8-9-21-16;1-9(2)10(3,4)16-13(15-9)14-17-11(5,6)12(7,8)18-14;2*1-3-2/h2-11H,1H3;1-10H;1-8H3;;. The maximum absolute atomic E-state index is 8.29. The summed E-state index contributed by atoms with van der Waals surface area (Å²) in [5.74, 6) is 0. The van der Waals surface area contributed by atoms with Gasteiger partial charge >= 0.3 is 37.2 Å². The van der Waals surface area contributed by atoms with Crippen LogP contribution in [-0.2, 0) is 41.8 Å². The van der Waals surface area contributed by atoms with Crippen molar-refractivity contribution in [3.8, 4) is 32.8 Å². The van der Waals surface area contributed by atoms with Crippen LogP contribution in [0.15, 0.2) is 125 Å². The largest absolute Gasteiger partial charge is 0.488 e. The minimum absolute atomic E-state index is 0.360. The van der Waals surface area contributed by atoms with E-state index in [-0.39, 0.29) is 22.4 Å². The smallest absolute Gasteiger partial charge is 0.405 e. The second-order valence-corrected chi connectivity index (χ2v) is 19.8. The Kier molecular flexibility index (Phi) is 16.4. The van der Waals surface area contributed by atoms with Gasteiger partial charge in [-0.05, 0) is 132 Å². The quantitative estimate of drug-likeness (QED) is 0.150. The fourth-order valence-corrected chi connectivity index (χ4v) is 8.56. The summed E-state index contributed by atoms with van der Waals surface area (Å²) in [6, 6.07) is 28.8. The van der Waals surface area contributed by atoms with Crippen molar-refractivity contribution in [2.24, 2.45) is 0 Å². The van der Waals surface area contributed by atoms with Crippen molar-refractivity contribution < 1.29 is 35.5 Å². The van der Waals surface area contributed by atoms with Crippen LogP contribution in [0.1, 0.15) is 61.0 Å². The molecular formula is C45H47B2BrN6O8S4. The van der Waals surface area contributed by atoms with Crippen LogP contribution in [0.5, 0.6) is 0 Å². The lowest BCUT2D eigenvalue weighted by Crippen LogP contribution is -2.41. The molecule has 0 unspecified atom stereocenters. The number of rotatable bonds is 5. The highest BCUT2D eigenvalue weighted by atomic mass is 79.9. The molecule has 8 aromatic rings. The first-order chi connectivity index (χ1) is 31.4. The van der Waals surface area contributed by atoms with Crippen LogP contribution in [0.3, 0.4) is 0 Å². The Labute approximate surface area is 407 Å². The van der Waals surface area contributed by atoms with Gasteiger partial charge in [-0.1, -0.05) is 36.4 Å². The molecule has 8 heterocycles. The molecule has 14 nitrogen and oxygen atoms in total. The molecule has 0 aliphatic carbocycles. The molecule has 2 saturated heterocycles. The van der Waals surface area contributed by atoms with Gasteiger partial charge in [-0.2, -0.15) is 16.8 Å². The van der Waals surface area contributed by atoms with Crippen LogP contribution in [0, 0.1) is 6.92 Å². The van der Waals surface area contributed by atoms with E-state index < -0.39 is 37.2 Å². The maximum Gasteiger partial charge on any atom is 0.488 e. The van der Waals surface area contributed by atoms with Gasteiger partial charge in [0.25, 0.3) is 0 Å². The molecule has 0 atom stereocenters. The van der Waals surface area contributed by atoms with Gasteiger partial charge in [0.2, 0.25) is 0 Å². The van der Waals surface area contributed by atoms with Gasteiger partial charge in [0.15, 0.2) is 0 Å². The molecule has 0 amide bonds. The van der Waals surface area contributed by atoms with Crippen molar-refractivity contribution in [2.75, 3.05) is 0 Å². The van der Waals surface area contributed by atoms with E-state index in [4.69, 9.17) is 45.4 Å². The van der Waals surface area contributed by atoms with E-state index in [9.17, 15) is 0 Å². The summed E-state index contributed by atoms with van der Waals surface area (Å²) in [5, 5.41) is 8.11. The Morgan fingerprint density at radius 2 is 0.909 bits per heavy atom. The lowest BCUT2D eigenvalue weighted by atomic mass is 9.49. The number of thiazole rings is 2. The van der Waals surface area contributed by atoms with E-state index in [0.717, 1.165) is 53.9 Å². The predicted octanol–water partition coefficient (Wildman–Crippen LogP) is 10.3. The fourth-order valence-electron chi connectivity index (χ4n) is 6.84. The Morgan fingerprint density at radius 3 is 1.29 bits per heavy atom. The summed E-state index contributed by atoms with van der Waals surface area (Å²) in [6.07, 6.45) is 7.81. The van der Waals surface area contributed by atoms with Crippen molar-refractivity contribution in [2.45, 2.75) is 84.7 Å². The average molecular weight is 1030 g/mol. The van der Waals surface area contributed by atoms with Gasteiger partial charge < -0.3 is 27.8 Å². The summed E-state index contributed by atoms with van der Waals surface area (Å²) in [6.45, 7) is 18.3. The number of hydrogen-bond donors (Lipinski definition) is 0. The minimum Gasteiger partial charge on any atom is -0.405 e. The zero-order valence-electron chi connectivity index (χ0n) is 37.7. The van der Waals surface area contributed by atoms with Gasteiger partial charge in [0, 0.05) is 62.2 Å². The van der Waals surface area contributed by atoms with E-state index in [1.165, 1.54) is 10.9 Å². The highest BCUT2D eigenvalue weighted by molar-refractivity contribution is 9.10. The third-order valence-electron chi connectivity index (χ3n) is 11.6. The normalized spacial score (nSPS) is 16.2. The molecule has 0 radical (unpaired) electrons. The first-order valence-electron chi connectivity index (χ1n) is 20.5. The molecule has 2 aliphatic rings. The molecule has 0 N–H and O–H groups in total. The average Bonchev–Trinajstić information content (AvgIpc) is 4.16. The van der Waals surface area contributed by atoms with Crippen LogP contribution in [0.2, 0.25) is 0 Å². The maximum atomic E-state index is 8.29. The number of para-hydroxylation sites is 2. The van der Waals surface area contributed by atoms with Gasteiger partial charge in [-0.3, -0.25) is 0 Å². The monoisotopic (exact) mass is 1030 g/mol. The number of fused-ring (bicyclic) bond motifs is 2. The first-order valence-corrected chi connectivity index (χ1v) is 24.4. The number of halogens is 1. The molecule has 2 aliphatic heterocycles. The van der Waals surface area contributed by atoms with Crippen molar-refractivity contribution >= 4 is 97.8 Å². The summed E-state index contributed by atoms with van der Waals surface area (Å²) < 4.78 is 62.3. The van der Waals surface area contributed by atoms with Gasteiger partial charge in [-0.15, -0.1) is 22.7 Å². The Morgan fingerprint density at radius 1 is 0.545 bits per heavy atom. The number of nitrogens with zero attached hydrogens (tertiary/aromatic N) is 6. The van der Waals surface area contributed by atoms with E-state index in [2.05, 4.69) is 90.7 Å². The molecule has 342 valence electrons. The zero-order valence-corrected chi connectivity index (χ0v) is 42.5. The number of aromatic nitrogens is 6. The fraction of sp³-hybridized carbons (Fsp3) is 0.289. The van der Waals surface area contributed by atoms with Crippen molar-refractivity contribution in [1.82, 2.24) is 29.1 Å². The molecule has 2 fully saturated rings. The molecule has 0 bridgehead atoms. The van der Waals surface area contributed by atoms with Crippen LogP contribution >= 0.6 is 38.6 Å². The van der Waals surface area contributed by atoms with Crippen molar-refractivity contribution in [3.63, 3.8) is 0 Å². The van der Waals surface area contributed by atoms with E-state index in [0.29, 0.717) is 0 Å². The molecular weight excluding hydrogens is 982 g/mol. The van der Waals surface area contributed by atoms with Gasteiger partial charge in [-0.25, -0.2) is 19.9 Å². The lowest BCUT2D eigenvalue weighted by Gasteiger charge is -2.32. The summed E-state index contributed by atoms with van der Waals surface area (Å²) in [7, 11) is -0.952. The van der Waals surface area contributed by atoms with Crippen LogP contribution in [0.25, 0.3) is 54.8 Å². The number of pyridine rings is 2. The molecule has 0 spiro atoms. The molecule has 2 aromatic carbocycles. The third kappa shape index (κ3) is 11.3. The summed E-state index contributed by atoms with van der Waals surface area (Å²) >= 11 is 5.32. The second-order valence-electron chi connectivity index (χ2n) is 16.9. The van der Waals surface area contributed by atoms with Crippen LogP contribution in [0.4, 0.5) is 0 Å². The van der Waals surface area contributed by atoms with Crippen LogP contribution < -0.4 is 0 Å². The second kappa shape index (κ2) is 21.4. The summed E-state index contributed by atoms with van der Waals surface area (Å²) in [5.41, 5.74) is 5.74. The number of hydrogen-bond acceptors (Lipinski definition) is 14. The third-order valence-corrected chi connectivity index (χ3v) is 13.8. The van der Waals surface area contributed by atoms with Crippen LogP contribution in [-0.4, -0.2) is 82.3 Å².